The lowest BCUT2D eigenvalue weighted by Crippen LogP contribution is -2.29. The summed E-state index contributed by atoms with van der Waals surface area (Å²) in [4.78, 5) is 37.1. The van der Waals surface area contributed by atoms with E-state index in [-0.39, 0.29) is 18.0 Å². The van der Waals surface area contributed by atoms with E-state index in [0.29, 0.717) is 17.6 Å². The summed E-state index contributed by atoms with van der Waals surface area (Å²) in [5.74, 6) is -1.23. The normalized spacial score (nSPS) is 12.3. The Morgan fingerprint density at radius 2 is 1.38 bits per heavy atom. The molecule has 0 saturated heterocycles. The van der Waals surface area contributed by atoms with Gasteiger partial charge in [-0.2, -0.15) is 0 Å². The maximum atomic E-state index is 12.9. The third-order valence-corrected chi connectivity index (χ3v) is 5.19. The molecule has 32 heavy (non-hydrogen) atoms. The molecule has 0 heterocycles. The van der Waals surface area contributed by atoms with Gasteiger partial charge in [-0.15, -0.1) is 0 Å². The molecule has 5 nitrogen and oxygen atoms in total. The van der Waals surface area contributed by atoms with Crippen LogP contribution >= 0.6 is 0 Å². The van der Waals surface area contributed by atoms with E-state index in [0.717, 1.165) is 17.4 Å². The zero-order valence-electron chi connectivity index (χ0n) is 17.9. The van der Waals surface area contributed by atoms with Crippen molar-refractivity contribution in [1.82, 2.24) is 5.32 Å². The number of ether oxygens (including phenoxy) is 1. The lowest BCUT2D eigenvalue weighted by molar-refractivity contribution is -0.136. The summed E-state index contributed by atoms with van der Waals surface area (Å²) in [6.45, 7) is 0. The van der Waals surface area contributed by atoms with Crippen LogP contribution < -0.4 is 5.32 Å². The smallest absolute Gasteiger partial charge is 0.354 e. The Hall–Kier alpha value is -3.99. The van der Waals surface area contributed by atoms with Crippen molar-refractivity contribution in [2.24, 2.45) is 0 Å². The van der Waals surface area contributed by atoms with Gasteiger partial charge in [0.2, 0.25) is 0 Å². The van der Waals surface area contributed by atoms with Gasteiger partial charge in [-0.1, -0.05) is 78.9 Å². The summed E-state index contributed by atoms with van der Waals surface area (Å²) in [5, 5.41) is 2.76. The van der Waals surface area contributed by atoms with Crippen LogP contribution in [0.4, 0.5) is 0 Å². The van der Waals surface area contributed by atoms with E-state index in [2.05, 4.69) is 5.32 Å². The monoisotopic (exact) mass is 427 g/mol. The predicted molar refractivity (Wildman–Crippen MR) is 124 cm³/mol. The number of carbonyl (C=O) groups excluding carboxylic acids is 3. The highest BCUT2D eigenvalue weighted by atomic mass is 16.5. The molecule has 1 N–H and O–H groups in total. The standard InChI is InChI=1S/C27H25NO4/c1-32-27(31)25(28-26(30)22-15-9-4-10-16-22)24(21-13-7-3-8-14-21)19-23(17-18-29)20-11-5-2-6-12-20/h2-16,18,23H,17,19H2,1H3,(H,28,30)/b25-24-/t23-/m1/s1. The third kappa shape index (κ3) is 5.79. The number of esters is 1. The number of hydrogen-bond acceptors (Lipinski definition) is 4. The molecule has 0 aromatic heterocycles. The Kier molecular flexibility index (Phi) is 8.09. The third-order valence-electron chi connectivity index (χ3n) is 5.19. The second-order valence-electron chi connectivity index (χ2n) is 7.25. The Morgan fingerprint density at radius 1 is 0.844 bits per heavy atom. The fourth-order valence-corrected chi connectivity index (χ4v) is 3.56. The second kappa shape index (κ2) is 11.4. The van der Waals surface area contributed by atoms with Crippen LogP contribution in [0.15, 0.2) is 96.7 Å². The van der Waals surface area contributed by atoms with Crippen molar-refractivity contribution in [3.05, 3.63) is 113 Å². The molecule has 3 rings (SSSR count). The number of methoxy groups -OCH3 is 1. The summed E-state index contributed by atoms with van der Waals surface area (Å²) in [7, 11) is 1.28. The molecule has 162 valence electrons. The molecule has 1 amide bonds. The fraction of sp³-hybridized carbons (Fsp3) is 0.148. The number of aldehydes is 1. The van der Waals surface area contributed by atoms with E-state index in [1.807, 2.05) is 66.7 Å². The lowest BCUT2D eigenvalue weighted by atomic mass is 9.86. The van der Waals surface area contributed by atoms with Gasteiger partial charge in [0, 0.05) is 12.0 Å². The van der Waals surface area contributed by atoms with Crippen molar-refractivity contribution >= 4 is 23.7 Å². The van der Waals surface area contributed by atoms with Crippen molar-refractivity contribution in [3.63, 3.8) is 0 Å². The zero-order chi connectivity index (χ0) is 22.8. The van der Waals surface area contributed by atoms with Crippen LogP contribution in [-0.4, -0.2) is 25.3 Å². The minimum Gasteiger partial charge on any atom is -0.464 e. The molecule has 0 unspecified atom stereocenters. The van der Waals surface area contributed by atoms with Gasteiger partial charge < -0.3 is 14.8 Å². The molecule has 3 aromatic carbocycles. The highest BCUT2D eigenvalue weighted by Gasteiger charge is 2.24. The number of amides is 1. The molecule has 0 saturated carbocycles. The van der Waals surface area contributed by atoms with Gasteiger partial charge in [0.15, 0.2) is 0 Å². The van der Waals surface area contributed by atoms with E-state index < -0.39 is 11.9 Å². The number of hydrogen-bond donors (Lipinski definition) is 1. The van der Waals surface area contributed by atoms with Crippen LogP contribution in [0.1, 0.15) is 40.2 Å². The van der Waals surface area contributed by atoms with Crippen molar-refractivity contribution in [2.75, 3.05) is 7.11 Å². The van der Waals surface area contributed by atoms with Crippen molar-refractivity contribution in [3.8, 4) is 0 Å². The van der Waals surface area contributed by atoms with E-state index in [1.165, 1.54) is 7.11 Å². The number of carbonyl (C=O) groups is 3. The van der Waals surface area contributed by atoms with Crippen LogP contribution in [0.5, 0.6) is 0 Å². The minimum absolute atomic E-state index is 0.0689. The first kappa shape index (κ1) is 22.7. The van der Waals surface area contributed by atoms with Crippen LogP contribution in [0.2, 0.25) is 0 Å². The van der Waals surface area contributed by atoms with E-state index in [9.17, 15) is 14.4 Å². The second-order valence-corrected chi connectivity index (χ2v) is 7.25. The van der Waals surface area contributed by atoms with Gasteiger partial charge in [0.1, 0.15) is 12.0 Å². The van der Waals surface area contributed by atoms with Gasteiger partial charge in [0.05, 0.1) is 7.11 Å². The summed E-state index contributed by atoms with van der Waals surface area (Å²) in [6, 6.07) is 27.7. The Morgan fingerprint density at radius 3 is 1.91 bits per heavy atom. The largest absolute Gasteiger partial charge is 0.464 e. The van der Waals surface area contributed by atoms with Crippen molar-refractivity contribution in [1.29, 1.82) is 0 Å². The molecule has 1 atom stereocenters. The molecule has 0 aliphatic heterocycles. The molecule has 0 spiro atoms. The molecule has 0 fully saturated rings. The van der Waals surface area contributed by atoms with E-state index >= 15 is 0 Å². The minimum atomic E-state index is -0.647. The van der Waals surface area contributed by atoms with Crippen LogP contribution in [-0.2, 0) is 14.3 Å². The first-order valence-electron chi connectivity index (χ1n) is 10.4. The van der Waals surface area contributed by atoms with E-state index in [1.54, 1.807) is 24.3 Å². The van der Waals surface area contributed by atoms with Gasteiger partial charge in [-0.25, -0.2) is 4.79 Å². The molecule has 5 heteroatoms. The Balaban J connectivity index is 2.09. The highest BCUT2D eigenvalue weighted by molar-refractivity contribution is 6.05. The van der Waals surface area contributed by atoms with Gasteiger partial charge in [-0.3, -0.25) is 4.79 Å². The molecule has 0 radical (unpaired) electrons. The first-order valence-corrected chi connectivity index (χ1v) is 10.4. The predicted octanol–water partition coefficient (Wildman–Crippen LogP) is 4.76. The number of nitrogens with one attached hydrogen (secondary N) is 1. The molecule has 3 aromatic rings. The average molecular weight is 428 g/mol. The maximum absolute atomic E-state index is 12.9. The first-order chi connectivity index (χ1) is 15.6. The van der Waals surface area contributed by atoms with Crippen molar-refractivity contribution in [2.45, 2.75) is 18.8 Å². The van der Waals surface area contributed by atoms with Gasteiger partial charge in [-0.05, 0) is 41.2 Å². The van der Waals surface area contributed by atoms with Gasteiger partial charge >= 0.3 is 5.97 Å². The maximum Gasteiger partial charge on any atom is 0.354 e. The number of benzene rings is 3. The Bertz CT molecular complexity index is 1080. The van der Waals surface area contributed by atoms with Crippen LogP contribution in [0.25, 0.3) is 5.57 Å². The average Bonchev–Trinajstić information content (AvgIpc) is 2.86. The molecular weight excluding hydrogens is 402 g/mol. The highest BCUT2D eigenvalue weighted by Crippen LogP contribution is 2.33. The molecule has 0 bridgehead atoms. The van der Waals surface area contributed by atoms with Crippen LogP contribution in [0, 0.1) is 0 Å². The summed E-state index contributed by atoms with van der Waals surface area (Å²) >= 11 is 0. The summed E-state index contributed by atoms with van der Waals surface area (Å²) in [5.41, 5.74) is 2.85. The summed E-state index contributed by atoms with van der Waals surface area (Å²) in [6.07, 6.45) is 1.52. The Labute approximate surface area is 187 Å². The summed E-state index contributed by atoms with van der Waals surface area (Å²) < 4.78 is 5.02. The molecule has 0 aliphatic carbocycles. The van der Waals surface area contributed by atoms with E-state index in [4.69, 9.17) is 4.74 Å². The molecule has 0 aliphatic rings. The quantitative estimate of drug-likeness (QED) is 0.303. The topological polar surface area (TPSA) is 72.5 Å². The van der Waals surface area contributed by atoms with Crippen molar-refractivity contribution < 1.29 is 19.1 Å². The fourth-order valence-electron chi connectivity index (χ4n) is 3.56. The molecular formula is C27H25NO4. The number of rotatable bonds is 9. The van der Waals surface area contributed by atoms with Gasteiger partial charge in [0.25, 0.3) is 5.91 Å². The number of allylic oxidation sites excluding steroid dienone is 1. The lowest BCUT2D eigenvalue weighted by Gasteiger charge is -2.21. The van der Waals surface area contributed by atoms with Crippen LogP contribution in [0.3, 0.4) is 0 Å². The SMILES string of the molecule is COC(=O)/C(NC(=O)c1ccccc1)=C(\C[C@@H](CC=O)c1ccccc1)c1ccccc1. The zero-order valence-corrected chi connectivity index (χ0v) is 17.9.